The Kier molecular flexibility index (Phi) is 5.30. The number of esters is 1. The van der Waals surface area contributed by atoms with Crippen LogP contribution >= 0.6 is 0 Å². The van der Waals surface area contributed by atoms with Crippen LogP contribution in [0.2, 0.25) is 0 Å². The second kappa shape index (κ2) is 6.87. The number of rotatable bonds is 6. The topological polar surface area (TPSA) is 35.5 Å². The van der Waals surface area contributed by atoms with E-state index in [0.29, 0.717) is 19.4 Å². The van der Waals surface area contributed by atoms with Crippen molar-refractivity contribution in [3.8, 4) is 5.75 Å². The molecule has 1 radical (unpaired) electrons. The summed E-state index contributed by atoms with van der Waals surface area (Å²) in [7, 11) is 0. The molecule has 0 aromatic heterocycles. The lowest BCUT2D eigenvalue weighted by molar-refractivity contribution is -0.144. The molecule has 1 aromatic rings. The van der Waals surface area contributed by atoms with Gasteiger partial charge in [0.15, 0.2) is 0 Å². The highest BCUT2D eigenvalue weighted by molar-refractivity contribution is 5.69. The third-order valence-electron chi connectivity index (χ3n) is 1.74. The Labute approximate surface area is 90.0 Å². The normalized spacial score (nSPS) is 9.67. The maximum absolute atomic E-state index is 10.9. The second-order valence-corrected chi connectivity index (χ2v) is 2.99. The molecule has 0 aliphatic rings. The quantitative estimate of drug-likeness (QED) is 0.530. The van der Waals surface area contributed by atoms with Gasteiger partial charge >= 0.3 is 5.97 Å². The molecule has 0 atom stereocenters. The van der Waals surface area contributed by atoms with E-state index < -0.39 is 0 Å². The molecule has 0 bridgehead atoms. The van der Waals surface area contributed by atoms with Gasteiger partial charge in [0.25, 0.3) is 0 Å². The van der Waals surface area contributed by atoms with Gasteiger partial charge in [-0.25, -0.2) is 0 Å². The van der Waals surface area contributed by atoms with E-state index in [1.807, 2.05) is 30.3 Å². The average molecular weight is 207 g/mol. The lowest BCUT2D eigenvalue weighted by Gasteiger charge is -2.06. The molecule has 15 heavy (non-hydrogen) atoms. The van der Waals surface area contributed by atoms with Gasteiger partial charge in [0, 0.05) is 6.42 Å². The summed E-state index contributed by atoms with van der Waals surface area (Å²) >= 11 is 0. The lowest BCUT2D eigenvalue weighted by Crippen LogP contribution is -2.11. The second-order valence-electron chi connectivity index (χ2n) is 2.99. The van der Waals surface area contributed by atoms with Gasteiger partial charge in [0.2, 0.25) is 0 Å². The molecule has 0 N–H and O–H groups in total. The number of ether oxygens (including phenoxy) is 2. The number of para-hydroxylation sites is 1. The van der Waals surface area contributed by atoms with Crippen molar-refractivity contribution in [2.75, 3.05) is 13.2 Å². The first-order chi connectivity index (χ1) is 7.33. The summed E-state index contributed by atoms with van der Waals surface area (Å²) in [6.07, 6.45) is 0.934. The van der Waals surface area contributed by atoms with Gasteiger partial charge in [-0.2, -0.15) is 0 Å². The largest absolute Gasteiger partial charge is 0.490 e. The molecule has 81 valence electrons. The van der Waals surface area contributed by atoms with Crippen LogP contribution in [0.3, 0.4) is 0 Å². The van der Waals surface area contributed by atoms with Crippen molar-refractivity contribution >= 4 is 5.97 Å². The zero-order valence-electron chi connectivity index (χ0n) is 8.65. The fraction of sp³-hybridized carbons (Fsp3) is 0.333. The van der Waals surface area contributed by atoms with Crippen molar-refractivity contribution < 1.29 is 14.3 Å². The summed E-state index contributed by atoms with van der Waals surface area (Å²) in [5, 5.41) is 0. The minimum absolute atomic E-state index is 0.221. The van der Waals surface area contributed by atoms with Crippen LogP contribution in [0.1, 0.15) is 12.8 Å². The minimum Gasteiger partial charge on any atom is -0.490 e. The fourth-order valence-electron chi connectivity index (χ4n) is 1.05. The number of carbonyl (C=O) groups is 1. The van der Waals surface area contributed by atoms with Crippen LogP contribution in [0.25, 0.3) is 0 Å². The van der Waals surface area contributed by atoms with E-state index in [1.165, 1.54) is 0 Å². The molecule has 1 rings (SSSR count). The zero-order valence-corrected chi connectivity index (χ0v) is 8.65. The SMILES string of the molecule is [CH2]CCC(=O)OCCOc1ccccc1. The molecule has 0 heterocycles. The van der Waals surface area contributed by atoms with E-state index in [0.717, 1.165) is 5.75 Å². The number of benzene rings is 1. The fourth-order valence-corrected chi connectivity index (χ4v) is 1.05. The van der Waals surface area contributed by atoms with Crippen molar-refractivity contribution in [2.24, 2.45) is 0 Å². The zero-order chi connectivity index (χ0) is 10.9. The first-order valence-electron chi connectivity index (χ1n) is 4.95. The van der Waals surface area contributed by atoms with Crippen LogP contribution in [-0.4, -0.2) is 19.2 Å². The molecule has 0 aliphatic carbocycles. The van der Waals surface area contributed by atoms with E-state index in [9.17, 15) is 4.79 Å². The number of carbonyl (C=O) groups excluding carboxylic acids is 1. The predicted molar refractivity (Wildman–Crippen MR) is 57.5 cm³/mol. The monoisotopic (exact) mass is 207 g/mol. The predicted octanol–water partition coefficient (Wildman–Crippen LogP) is 2.22. The van der Waals surface area contributed by atoms with Gasteiger partial charge in [-0.3, -0.25) is 4.79 Å². The highest BCUT2D eigenvalue weighted by Crippen LogP contribution is 2.07. The maximum atomic E-state index is 10.9. The summed E-state index contributed by atoms with van der Waals surface area (Å²) in [6.45, 7) is 4.24. The third kappa shape index (κ3) is 5.05. The van der Waals surface area contributed by atoms with Crippen LogP contribution in [0.15, 0.2) is 30.3 Å². The van der Waals surface area contributed by atoms with Gasteiger partial charge in [-0.1, -0.05) is 25.1 Å². The van der Waals surface area contributed by atoms with Crippen molar-refractivity contribution in [1.29, 1.82) is 0 Å². The first kappa shape index (κ1) is 11.6. The van der Waals surface area contributed by atoms with E-state index in [2.05, 4.69) is 6.92 Å². The van der Waals surface area contributed by atoms with Crippen molar-refractivity contribution in [1.82, 2.24) is 0 Å². The molecule has 0 aliphatic heterocycles. The van der Waals surface area contributed by atoms with Crippen molar-refractivity contribution in [2.45, 2.75) is 12.8 Å². The van der Waals surface area contributed by atoms with Crippen LogP contribution in [0.5, 0.6) is 5.75 Å². The lowest BCUT2D eigenvalue weighted by atomic mass is 10.3. The van der Waals surface area contributed by atoms with Gasteiger partial charge < -0.3 is 9.47 Å². The van der Waals surface area contributed by atoms with E-state index in [4.69, 9.17) is 9.47 Å². The molecule has 0 saturated heterocycles. The highest BCUT2D eigenvalue weighted by atomic mass is 16.6. The van der Waals surface area contributed by atoms with Gasteiger partial charge in [-0.15, -0.1) is 0 Å². The first-order valence-corrected chi connectivity index (χ1v) is 4.95. The molecule has 0 spiro atoms. The molecule has 0 amide bonds. The summed E-state index contributed by atoms with van der Waals surface area (Å²) in [6, 6.07) is 9.42. The van der Waals surface area contributed by atoms with Crippen LogP contribution < -0.4 is 4.74 Å². The number of hydrogen-bond donors (Lipinski definition) is 0. The van der Waals surface area contributed by atoms with E-state index in [-0.39, 0.29) is 12.6 Å². The van der Waals surface area contributed by atoms with Gasteiger partial charge in [-0.05, 0) is 18.6 Å². The molecule has 3 heteroatoms. The van der Waals surface area contributed by atoms with Gasteiger partial charge in [0.05, 0.1) is 0 Å². The summed E-state index contributed by atoms with van der Waals surface area (Å²) in [5.41, 5.74) is 0. The van der Waals surface area contributed by atoms with Gasteiger partial charge in [0.1, 0.15) is 19.0 Å². The molecular weight excluding hydrogens is 192 g/mol. The Balaban J connectivity index is 2.10. The standard InChI is InChI=1S/C12H15O3/c1-2-6-12(13)15-10-9-14-11-7-4-3-5-8-11/h3-5,7-8H,1-2,6,9-10H2. The highest BCUT2D eigenvalue weighted by Gasteiger charge is 1.99. The maximum Gasteiger partial charge on any atom is 0.305 e. The molecule has 3 nitrogen and oxygen atoms in total. The number of hydrogen-bond acceptors (Lipinski definition) is 3. The molecular formula is C12H15O3. The smallest absolute Gasteiger partial charge is 0.305 e. The molecule has 0 fully saturated rings. The van der Waals surface area contributed by atoms with Crippen molar-refractivity contribution in [3.05, 3.63) is 37.3 Å². The third-order valence-corrected chi connectivity index (χ3v) is 1.74. The van der Waals surface area contributed by atoms with Crippen LogP contribution in [0, 0.1) is 6.92 Å². The Bertz CT molecular complexity index is 282. The van der Waals surface area contributed by atoms with Crippen LogP contribution in [-0.2, 0) is 9.53 Å². The molecule has 1 aromatic carbocycles. The van der Waals surface area contributed by atoms with E-state index >= 15 is 0 Å². The minimum atomic E-state index is -0.221. The summed E-state index contributed by atoms with van der Waals surface area (Å²) in [4.78, 5) is 10.9. The Hall–Kier alpha value is -1.51. The van der Waals surface area contributed by atoms with E-state index in [1.54, 1.807) is 0 Å². The Morgan fingerprint density at radius 3 is 2.60 bits per heavy atom. The Morgan fingerprint density at radius 1 is 1.20 bits per heavy atom. The summed E-state index contributed by atoms with van der Waals surface area (Å²) in [5.74, 6) is 0.562. The molecule has 0 saturated carbocycles. The Morgan fingerprint density at radius 2 is 1.93 bits per heavy atom. The molecule has 0 unspecified atom stereocenters. The van der Waals surface area contributed by atoms with Crippen LogP contribution in [0.4, 0.5) is 0 Å². The summed E-state index contributed by atoms with van der Waals surface area (Å²) < 4.78 is 10.2. The van der Waals surface area contributed by atoms with Crippen molar-refractivity contribution in [3.63, 3.8) is 0 Å². The average Bonchev–Trinajstić information content (AvgIpc) is 2.26.